The zero-order chi connectivity index (χ0) is 13.5. The summed E-state index contributed by atoms with van der Waals surface area (Å²) >= 11 is 0. The molecule has 0 fully saturated rings. The summed E-state index contributed by atoms with van der Waals surface area (Å²) in [7, 11) is -15.5. The molecule has 0 saturated heterocycles. The SMILES string of the molecule is O=S(=O)([O-])[O-].O=S(=O)([O-])[O-].O=S(=O)([O-])[O-].[Co+2].[Ni+2].[Ni+2]. The Kier molecular flexibility index (Phi) is 29.4. The van der Waals surface area contributed by atoms with Crippen molar-refractivity contribution in [3.63, 3.8) is 0 Å². The summed E-state index contributed by atoms with van der Waals surface area (Å²) < 4.78 is 102. The fourth-order valence-electron chi connectivity index (χ4n) is 0. The molecule has 0 aliphatic carbocycles. The van der Waals surface area contributed by atoms with Gasteiger partial charge in [0.25, 0.3) is 0 Å². The van der Waals surface area contributed by atoms with Gasteiger partial charge in [0.2, 0.25) is 0 Å². The van der Waals surface area contributed by atoms with Gasteiger partial charge in [0, 0.05) is 31.2 Å². The van der Waals surface area contributed by atoms with Gasteiger partial charge in [-0.2, -0.15) is 0 Å². The second-order valence-corrected chi connectivity index (χ2v) is 3.67. The quantitative estimate of drug-likeness (QED) is 0.189. The molecule has 18 heteroatoms. The average molecular weight is 465 g/mol. The van der Waals surface area contributed by atoms with Gasteiger partial charge in [-0.1, -0.05) is 0 Å². The molecule has 18 heavy (non-hydrogen) atoms. The fraction of sp³-hybridized carbons (Fsp3) is 0. The number of hydrogen-bond donors (Lipinski definition) is 0. The van der Waals surface area contributed by atoms with Crippen molar-refractivity contribution >= 4 is 31.2 Å². The Morgan fingerprint density at radius 1 is 0.444 bits per heavy atom. The van der Waals surface area contributed by atoms with Gasteiger partial charge in [-0.15, -0.1) is 0 Å². The van der Waals surface area contributed by atoms with E-state index in [1.807, 2.05) is 0 Å². The Morgan fingerprint density at radius 3 is 0.444 bits per heavy atom. The van der Waals surface area contributed by atoms with Crippen LogP contribution in [0.15, 0.2) is 0 Å². The van der Waals surface area contributed by atoms with Gasteiger partial charge in [0.1, 0.15) is 0 Å². The molecule has 0 saturated carbocycles. The van der Waals surface area contributed by atoms with Crippen LogP contribution in [0.4, 0.5) is 0 Å². The first-order chi connectivity index (χ1) is 6.00. The summed E-state index contributed by atoms with van der Waals surface area (Å²) in [4.78, 5) is 0. The van der Waals surface area contributed by atoms with Crippen molar-refractivity contribution in [3.05, 3.63) is 0 Å². The van der Waals surface area contributed by atoms with E-state index in [9.17, 15) is 0 Å². The third-order valence-corrected chi connectivity index (χ3v) is 0. The molecule has 12 nitrogen and oxygen atoms in total. The molecule has 0 rings (SSSR count). The summed E-state index contributed by atoms with van der Waals surface area (Å²) in [6, 6.07) is 0. The van der Waals surface area contributed by atoms with Gasteiger partial charge in [0.05, 0.1) is 0 Å². The molecule has 0 atom stereocenters. The zero-order valence-corrected chi connectivity index (χ0v) is 12.6. The van der Waals surface area contributed by atoms with Crippen LogP contribution in [-0.4, -0.2) is 52.6 Å². The molecule has 0 aromatic heterocycles. The molecule has 0 aliphatic rings. The van der Waals surface area contributed by atoms with Crippen molar-refractivity contribution in [1.29, 1.82) is 0 Å². The normalized spacial score (nSPS) is 9.67. The number of rotatable bonds is 0. The van der Waals surface area contributed by atoms with E-state index in [0.717, 1.165) is 0 Å². The molecular formula is CoNi2O12S3. The van der Waals surface area contributed by atoms with E-state index in [1.165, 1.54) is 0 Å². The van der Waals surface area contributed by atoms with E-state index in [4.69, 9.17) is 52.6 Å². The molecule has 0 spiro atoms. The third kappa shape index (κ3) is 3640. The minimum atomic E-state index is -5.17. The van der Waals surface area contributed by atoms with Crippen molar-refractivity contribution in [1.82, 2.24) is 0 Å². The summed E-state index contributed by atoms with van der Waals surface area (Å²) in [6.07, 6.45) is 0. The Bertz CT molecular complexity index is 346. The van der Waals surface area contributed by atoms with Gasteiger partial charge in [-0.05, 0) is 0 Å². The Hall–Kier alpha value is 1.10. The van der Waals surface area contributed by atoms with E-state index in [2.05, 4.69) is 0 Å². The average Bonchev–Trinajstić information content (AvgIpc) is 1.41. The van der Waals surface area contributed by atoms with Crippen LogP contribution in [0.5, 0.6) is 0 Å². The predicted octanol–water partition coefficient (Wildman–Crippen LogP) is -4.02. The van der Waals surface area contributed by atoms with E-state index in [-0.39, 0.29) is 49.8 Å². The van der Waals surface area contributed by atoms with Crippen molar-refractivity contribution in [2.24, 2.45) is 0 Å². The summed E-state index contributed by atoms with van der Waals surface area (Å²) in [5, 5.41) is 0. The summed E-state index contributed by atoms with van der Waals surface area (Å²) in [5.74, 6) is 0. The van der Waals surface area contributed by atoms with Crippen LogP contribution >= 0.6 is 0 Å². The maximum Gasteiger partial charge on any atom is 2.00 e. The molecule has 119 valence electrons. The first kappa shape index (κ1) is 36.5. The van der Waals surface area contributed by atoms with Crippen LogP contribution in [0.1, 0.15) is 0 Å². The van der Waals surface area contributed by atoms with Crippen LogP contribution in [0.3, 0.4) is 0 Å². The largest absolute Gasteiger partial charge is 2.00 e. The molecule has 0 heterocycles. The van der Waals surface area contributed by atoms with Crippen LogP contribution in [0.2, 0.25) is 0 Å². The molecule has 0 N–H and O–H groups in total. The van der Waals surface area contributed by atoms with Crippen LogP contribution in [0.25, 0.3) is 0 Å². The first-order valence-corrected chi connectivity index (χ1v) is 6.00. The molecule has 1 radical (unpaired) electrons. The second-order valence-electron chi connectivity index (χ2n) is 1.22. The standard InChI is InChI=1S/Co.2Ni.3H2O4S/c;;;3*1-5(2,3)4/h;;;3*(H2,1,2,3,4)/q3*+2;;;/p-6. The maximum absolute atomic E-state index is 8.52. The second kappa shape index (κ2) is 14.5. The molecule has 0 unspecified atom stereocenters. The molecule has 0 bridgehead atoms. The first-order valence-electron chi connectivity index (χ1n) is 2.00. The van der Waals surface area contributed by atoms with E-state index in [1.54, 1.807) is 0 Å². The van der Waals surface area contributed by atoms with Crippen molar-refractivity contribution < 1.29 is 102 Å². The molecule has 0 amide bonds. The van der Waals surface area contributed by atoms with Crippen molar-refractivity contribution in [2.45, 2.75) is 0 Å². The molecule has 0 aromatic rings. The number of hydrogen-bond acceptors (Lipinski definition) is 12. The van der Waals surface area contributed by atoms with Gasteiger partial charge in [-0.3, -0.25) is 25.3 Å². The predicted molar refractivity (Wildman–Crippen MR) is 31.4 cm³/mol. The van der Waals surface area contributed by atoms with Crippen LogP contribution < -0.4 is 0 Å². The molecule has 0 aromatic carbocycles. The van der Waals surface area contributed by atoms with E-state index >= 15 is 0 Å². The molecule has 0 aliphatic heterocycles. The Morgan fingerprint density at radius 2 is 0.444 bits per heavy atom. The smallest absolute Gasteiger partial charge is 0.759 e. The van der Waals surface area contributed by atoms with Crippen LogP contribution in [-0.2, 0) is 81.0 Å². The monoisotopic (exact) mass is 463 g/mol. The Labute approximate surface area is 133 Å². The zero-order valence-electron chi connectivity index (χ0n) is 7.09. The van der Waals surface area contributed by atoms with Gasteiger partial charge < -0.3 is 27.3 Å². The van der Waals surface area contributed by atoms with E-state index in [0.29, 0.717) is 0 Å². The van der Waals surface area contributed by atoms with Gasteiger partial charge >= 0.3 is 49.8 Å². The maximum atomic E-state index is 8.52. The van der Waals surface area contributed by atoms with Gasteiger partial charge in [0.15, 0.2) is 0 Å². The fourth-order valence-corrected chi connectivity index (χ4v) is 0. The van der Waals surface area contributed by atoms with Crippen molar-refractivity contribution in [3.8, 4) is 0 Å². The van der Waals surface area contributed by atoms with E-state index < -0.39 is 31.2 Å². The van der Waals surface area contributed by atoms with Crippen LogP contribution in [0, 0.1) is 0 Å². The van der Waals surface area contributed by atoms with Gasteiger partial charge in [-0.25, -0.2) is 0 Å². The van der Waals surface area contributed by atoms with Crippen molar-refractivity contribution in [2.75, 3.05) is 0 Å². The third-order valence-electron chi connectivity index (χ3n) is 0. The summed E-state index contributed by atoms with van der Waals surface area (Å²) in [5.41, 5.74) is 0. The summed E-state index contributed by atoms with van der Waals surface area (Å²) in [6.45, 7) is 0. The Balaban J connectivity index is -0.0000000277. The minimum Gasteiger partial charge on any atom is -0.759 e. The topological polar surface area (TPSA) is 241 Å². The molecular weight excluding hydrogens is 465 g/mol. The minimum absolute atomic E-state index is 0.